The van der Waals surface area contributed by atoms with Crippen LogP contribution in [0.25, 0.3) is 5.82 Å². The first kappa shape index (κ1) is 15.7. The Labute approximate surface area is 148 Å². The third kappa shape index (κ3) is 2.96. The topological polar surface area (TPSA) is 77.2 Å². The molecule has 1 aliphatic carbocycles. The summed E-state index contributed by atoms with van der Waals surface area (Å²) in [6.07, 6.45) is 4.82. The van der Waals surface area contributed by atoms with Gasteiger partial charge in [0.2, 0.25) is 5.88 Å². The molecule has 126 valence electrons. The molecular formula is C18H14ClN3O3. The van der Waals surface area contributed by atoms with Gasteiger partial charge in [-0.3, -0.25) is 0 Å². The Hall–Kier alpha value is -2.86. The number of carboxylic acid groups (broad SMARTS) is 1. The summed E-state index contributed by atoms with van der Waals surface area (Å²) in [5.74, 6) is -0.104. The van der Waals surface area contributed by atoms with Crippen molar-refractivity contribution < 1.29 is 14.6 Å². The van der Waals surface area contributed by atoms with Crippen molar-refractivity contribution in [2.45, 2.75) is 18.4 Å². The molecule has 0 aliphatic heterocycles. The summed E-state index contributed by atoms with van der Waals surface area (Å²) in [5, 5.41) is 14.0. The van der Waals surface area contributed by atoms with Gasteiger partial charge in [0.15, 0.2) is 5.82 Å². The Kier molecular flexibility index (Phi) is 3.69. The number of benzene rings is 1. The summed E-state index contributed by atoms with van der Waals surface area (Å²) in [7, 11) is 0. The molecule has 1 fully saturated rings. The highest BCUT2D eigenvalue weighted by molar-refractivity contribution is 6.30. The fourth-order valence-corrected chi connectivity index (χ4v) is 2.85. The van der Waals surface area contributed by atoms with Crippen LogP contribution in [-0.4, -0.2) is 25.8 Å². The second kappa shape index (κ2) is 5.89. The summed E-state index contributed by atoms with van der Waals surface area (Å²) in [4.78, 5) is 15.4. The maximum atomic E-state index is 11.2. The summed E-state index contributed by atoms with van der Waals surface area (Å²) >= 11 is 5.96. The zero-order chi connectivity index (χ0) is 17.4. The maximum Gasteiger partial charge on any atom is 0.335 e. The van der Waals surface area contributed by atoms with E-state index in [-0.39, 0.29) is 5.56 Å². The van der Waals surface area contributed by atoms with Gasteiger partial charge in [0, 0.05) is 17.3 Å². The molecular weight excluding hydrogens is 342 g/mol. The summed E-state index contributed by atoms with van der Waals surface area (Å²) in [6.45, 7) is 0. The third-order valence-corrected chi connectivity index (χ3v) is 4.44. The van der Waals surface area contributed by atoms with Gasteiger partial charge in [-0.1, -0.05) is 23.7 Å². The molecule has 0 radical (unpaired) electrons. The average molecular weight is 356 g/mol. The van der Waals surface area contributed by atoms with Gasteiger partial charge in [0.1, 0.15) is 5.60 Å². The molecule has 1 saturated carbocycles. The lowest BCUT2D eigenvalue weighted by atomic mass is 10.1. The minimum atomic E-state index is -1.02. The van der Waals surface area contributed by atoms with Gasteiger partial charge in [0.05, 0.1) is 11.8 Å². The lowest BCUT2D eigenvalue weighted by Gasteiger charge is -2.19. The van der Waals surface area contributed by atoms with Crippen LogP contribution in [0.2, 0.25) is 5.02 Å². The number of aromatic nitrogens is 3. The number of hydrogen-bond donors (Lipinski definition) is 1. The smallest absolute Gasteiger partial charge is 0.335 e. The summed E-state index contributed by atoms with van der Waals surface area (Å²) < 4.78 is 7.74. The fraction of sp³-hybridized carbons (Fsp3) is 0.167. The van der Waals surface area contributed by atoms with Gasteiger partial charge in [0.25, 0.3) is 0 Å². The number of aromatic carboxylic acids is 1. The van der Waals surface area contributed by atoms with Crippen molar-refractivity contribution in [3.8, 4) is 11.7 Å². The summed E-state index contributed by atoms with van der Waals surface area (Å²) in [6, 6.07) is 12.2. The van der Waals surface area contributed by atoms with Crippen molar-refractivity contribution in [1.29, 1.82) is 0 Å². The van der Waals surface area contributed by atoms with Crippen LogP contribution < -0.4 is 4.74 Å². The van der Waals surface area contributed by atoms with E-state index < -0.39 is 11.6 Å². The Balaban J connectivity index is 1.65. The molecule has 3 aromatic rings. The Morgan fingerprint density at radius 1 is 1.16 bits per heavy atom. The predicted molar refractivity (Wildman–Crippen MR) is 91.3 cm³/mol. The van der Waals surface area contributed by atoms with Crippen LogP contribution in [0.5, 0.6) is 5.88 Å². The molecule has 6 nitrogen and oxygen atoms in total. The zero-order valence-corrected chi connectivity index (χ0v) is 13.8. The molecule has 1 N–H and O–H groups in total. The van der Waals surface area contributed by atoms with Crippen molar-refractivity contribution >= 4 is 17.6 Å². The molecule has 0 bridgehead atoms. The molecule has 4 rings (SSSR count). The van der Waals surface area contributed by atoms with Crippen LogP contribution in [0.3, 0.4) is 0 Å². The Morgan fingerprint density at radius 2 is 1.92 bits per heavy atom. The van der Waals surface area contributed by atoms with E-state index in [0.29, 0.717) is 16.7 Å². The van der Waals surface area contributed by atoms with E-state index in [1.165, 1.54) is 23.0 Å². The molecule has 2 heterocycles. The van der Waals surface area contributed by atoms with Gasteiger partial charge in [-0.2, -0.15) is 9.78 Å². The molecule has 0 amide bonds. The molecule has 1 aliphatic rings. The lowest BCUT2D eigenvalue weighted by molar-refractivity contribution is 0.0696. The quantitative estimate of drug-likeness (QED) is 0.755. The molecule has 0 spiro atoms. The van der Waals surface area contributed by atoms with E-state index in [9.17, 15) is 4.79 Å². The van der Waals surface area contributed by atoms with Crippen molar-refractivity contribution in [2.75, 3.05) is 0 Å². The maximum absolute atomic E-state index is 11.2. The molecule has 7 heteroatoms. The second-order valence-corrected chi connectivity index (χ2v) is 6.33. The minimum Gasteiger partial charge on any atom is -0.478 e. The highest BCUT2D eigenvalue weighted by Crippen LogP contribution is 2.49. The van der Waals surface area contributed by atoms with Crippen molar-refractivity contribution in [3.05, 3.63) is 71.0 Å². The first-order valence-corrected chi connectivity index (χ1v) is 8.14. The number of carbonyl (C=O) groups is 1. The fourth-order valence-electron chi connectivity index (χ4n) is 2.72. The van der Waals surface area contributed by atoms with Crippen LogP contribution in [-0.2, 0) is 5.60 Å². The monoisotopic (exact) mass is 355 g/mol. The molecule has 25 heavy (non-hydrogen) atoms. The Morgan fingerprint density at radius 3 is 2.60 bits per heavy atom. The number of pyridine rings is 1. The number of rotatable bonds is 5. The predicted octanol–water partition coefficient (Wildman–Crippen LogP) is 3.69. The van der Waals surface area contributed by atoms with E-state index >= 15 is 0 Å². The number of nitrogens with zero attached hydrogens (tertiary/aromatic N) is 3. The SMILES string of the molecule is O=C(O)c1ccnc(-n2nccc2OC2(c3ccc(Cl)cc3)CC2)c1. The molecule has 0 atom stereocenters. The number of carboxylic acids is 1. The van der Waals surface area contributed by atoms with Crippen LogP contribution in [0.4, 0.5) is 0 Å². The van der Waals surface area contributed by atoms with Gasteiger partial charge in [-0.15, -0.1) is 0 Å². The Bertz CT molecular complexity index is 933. The van der Waals surface area contributed by atoms with E-state index in [1.54, 1.807) is 12.3 Å². The first-order valence-electron chi connectivity index (χ1n) is 7.76. The standard InChI is InChI=1S/C18H14ClN3O3/c19-14-3-1-13(2-4-14)18(7-8-18)25-16-6-10-21-22(16)15-11-12(17(23)24)5-9-20-15/h1-6,9-11H,7-8H2,(H,23,24). The van der Waals surface area contributed by atoms with Crippen LogP contribution in [0.1, 0.15) is 28.8 Å². The largest absolute Gasteiger partial charge is 0.478 e. The van der Waals surface area contributed by atoms with E-state index in [2.05, 4.69) is 10.1 Å². The number of hydrogen-bond acceptors (Lipinski definition) is 4. The van der Waals surface area contributed by atoms with E-state index in [0.717, 1.165) is 18.4 Å². The third-order valence-electron chi connectivity index (χ3n) is 4.19. The van der Waals surface area contributed by atoms with Crippen LogP contribution in [0.15, 0.2) is 54.9 Å². The van der Waals surface area contributed by atoms with Gasteiger partial charge < -0.3 is 9.84 Å². The number of halogens is 1. The van der Waals surface area contributed by atoms with Crippen LogP contribution in [0, 0.1) is 0 Å². The normalized spacial score (nSPS) is 14.9. The first-order chi connectivity index (χ1) is 12.1. The van der Waals surface area contributed by atoms with Crippen molar-refractivity contribution in [1.82, 2.24) is 14.8 Å². The minimum absolute atomic E-state index is 0.144. The van der Waals surface area contributed by atoms with Crippen molar-refractivity contribution in [2.24, 2.45) is 0 Å². The second-order valence-electron chi connectivity index (χ2n) is 5.89. The number of ether oxygens (including phenoxy) is 1. The van der Waals surface area contributed by atoms with Crippen molar-refractivity contribution in [3.63, 3.8) is 0 Å². The van der Waals surface area contributed by atoms with Gasteiger partial charge >= 0.3 is 5.97 Å². The molecule has 0 unspecified atom stereocenters. The van der Waals surface area contributed by atoms with Crippen LogP contribution >= 0.6 is 11.6 Å². The molecule has 1 aromatic carbocycles. The molecule has 0 saturated heterocycles. The van der Waals surface area contributed by atoms with Gasteiger partial charge in [-0.25, -0.2) is 9.78 Å². The lowest BCUT2D eigenvalue weighted by Crippen LogP contribution is -2.18. The van der Waals surface area contributed by atoms with E-state index in [1.807, 2.05) is 24.3 Å². The zero-order valence-electron chi connectivity index (χ0n) is 13.1. The van der Waals surface area contributed by atoms with Gasteiger partial charge in [-0.05, 0) is 42.7 Å². The molecule has 2 aromatic heterocycles. The average Bonchev–Trinajstić information content (AvgIpc) is 3.25. The highest BCUT2D eigenvalue weighted by atomic mass is 35.5. The highest BCUT2D eigenvalue weighted by Gasteiger charge is 2.48. The summed E-state index contributed by atoms with van der Waals surface area (Å²) in [5.41, 5.74) is 0.800. The van der Waals surface area contributed by atoms with E-state index in [4.69, 9.17) is 21.4 Å².